The molecule has 0 aliphatic rings. The van der Waals surface area contributed by atoms with Gasteiger partial charge in [-0.3, -0.25) is 4.79 Å². The number of nitrogens with one attached hydrogen (secondary N) is 3. The fourth-order valence-corrected chi connectivity index (χ4v) is 3.13. The highest BCUT2D eigenvalue weighted by Crippen LogP contribution is 2.27. The summed E-state index contributed by atoms with van der Waals surface area (Å²) in [6, 6.07) is 9.78. The van der Waals surface area contributed by atoms with E-state index in [-0.39, 0.29) is 12.5 Å². The first-order valence-electron chi connectivity index (χ1n) is 7.95. The van der Waals surface area contributed by atoms with Crippen molar-refractivity contribution in [3.63, 3.8) is 0 Å². The van der Waals surface area contributed by atoms with Gasteiger partial charge in [-0.05, 0) is 68.2 Å². The van der Waals surface area contributed by atoms with E-state index in [9.17, 15) is 4.79 Å². The summed E-state index contributed by atoms with van der Waals surface area (Å²) in [6.07, 6.45) is 0. The first-order chi connectivity index (χ1) is 11.8. The molecule has 0 heterocycles. The molecule has 0 saturated carbocycles. The van der Waals surface area contributed by atoms with Gasteiger partial charge in [-0.2, -0.15) is 0 Å². The number of anilines is 2. The third kappa shape index (κ3) is 5.18. The fraction of sp³-hybridized carbons (Fsp3) is 0.263. The lowest BCUT2D eigenvalue weighted by molar-refractivity contribution is -0.115. The van der Waals surface area contributed by atoms with Crippen LogP contribution in [-0.4, -0.2) is 17.6 Å². The van der Waals surface area contributed by atoms with Gasteiger partial charge in [0.2, 0.25) is 5.91 Å². The number of benzene rings is 2. The Morgan fingerprint density at radius 1 is 1.00 bits per heavy atom. The molecule has 3 N–H and O–H groups in total. The van der Waals surface area contributed by atoms with Crippen LogP contribution in [0.5, 0.6) is 0 Å². The van der Waals surface area contributed by atoms with Crippen molar-refractivity contribution in [1.29, 1.82) is 0 Å². The van der Waals surface area contributed by atoms with E-state index in [0.717, 1.165) is 33.6 Å². The Hall–Kier alpha value is -2.11. The van der Waals surface area contributed by atoms with Crippen molar-refractivity contribution in [2.75, 3.05) is 17.2 Å². The lowest BCUT2D eigenvalue weighted by Crippen LogP contribution is -2.36. The molecular weight excluding hydrogens is 354 g/mol. The number of carbonyl (C=O) groups excluding carboxylic acids is 1. The van der Waals surface area contributed by atoms with Crippen LogP contribution < -0.4 is 16.0 Å². The Kier molecular flexibility index (Phi) is 6.39. The quantitative estimate of drug-likeness (QED) is 0.689. The van der Waals surface area contributed by atoms with E-state index < -0.39 is 0 Å². The maximum atomic E-state index is 12.2. The normalized spacial score (nSPS) is 10.3. The van der Waals surface area contributed by atoms with Crippen LogP contribution in [0.15, 0.2) is 30.3 Å². The summed E-state index contributed by atoms with van der Waals surface area (Å²) in [5.41, 5.74) is 5.71. The van der Waals surface area contributed by atoms with E-state index in [1.807, 2.05) is 58.0 Å². The van der Waals surface area contributed by atoms with Crippen molar-refractivity contribution in [3.8, 4) is 0 Å². The molecule has 0 aliphatic carbocycles. The third-order valence-electron chi connectivity index (χ3n) is 3.83. The summed E-state index contributed by atoms with van der Waals surface area (Å²) in [7, 11) is 0. The van der Waals surface area contributed by atoms with Crippen LogP contribution in [-0.2, 0) is 4.79 Å². The average Bonchev–Trinajstić information content (AvgIpc) is 2.52. The van der Waals surface area contributed by atoms with Crippen LogP contribution in [0.4, 0.5) is 11.4 Å². The van der Waals surface area contributed by atoms with Gasteiger partial charge in [0.15, 0.2) is 5.11 Å². The van der Waals surface area contributed by atoms with Crippen LogP contribution in [0.25, 0.3) is 0 Å². The summed E-state index contributed by atoms with van der Waals surface area (Å²) < 4.78 is 0. The third-order valence-corrected chi connectivity index (χ3v) is 4.37. The topological polar surface area (TPSA) is 53.2 Å². The van der Waals surface area contributed by atoms with Gasteiger partial charge in [0.1, 0.15) is 0 Å². The zero-order chi connectivity index (χ0) is 18.6. The second kappa shape index (κ2) is 8.32. The van der Waals surface area contributed by atoms with Crippen LogP contribution in [0.3, 0.4) is 0 Å². The molecule has 0 aliphatic heterocycles. The van der Waals surface area contributed by atoms with Crippen LogP contribution in [0, 0.1) is 27.7 Å². The summed E-state index contributed by atoms with van der Waals surface area (Å²) in [5, 5.41) is 9.83. The number of amides is 1. The number of hydrogen-bond donors (Lipinski definition) is 3. The van der Waals surface area contributed by atoms with E-state index in [4.69, 9.17) is 23.8 Å². The SMILES string of the molecule is Cc1cc(C)c(NC(=S)NCC(=O)Nc2c(C)cccc2C)c(Cl)c1. The summed E-state index contributed by atoms with van der Waals surface area (Å²) >= 11 is 11.5. The smallest absolute Gasteiger partial charge is 0.243 e. The first kappa shape index (κ1) is 19.2. The van der Waals surface area contributed by atoms with Crippen LogP contribution in [0.1, 0.15) is 22.3 Å². The van der Waals surface area contributed by atoms with E-state index in [1.54, 1.807) is 0 Å². The Bertz CT molecular complexity index is 777. The molecule has 1 amide bonds. The molecule has 2 aromatic rings. The number of halogens is 1. The van der Waals surface area contributed by atoms with Gasteiger partial charge in [0, 0.05) is 5.69 Å². The lowest BCUT2D eigenvalue weighted by atomic mass is 10.1. The van der Waals surface area contributed by atoms with Crippen molar-refractivity contribution in [1.82, 2.24) is 5.32 Å². The predicted octanol–water partition coefficient (Wildman–Crippen LogP) is 4.50. The van der Waals surface area contributed by atoms with Gasteiger partial charge >= 0.3 is 0 Å². The molecule has 25 heavy (non-hydrogen) atoms. The number of thiocarbonyl (C=S) groups is 1. The molecule has 0 unspecified atom stereocenters. The van der Waals surface area contributed by atoms with Crippen molar-refractivity contribution in [2.24, 2.45) is 0 Å². The Morgan fingerprint density at radius 3 is 2.24 bits per heavy atom. The van der Waals surface area contributed by atoms with Crippen LogP contribution in [0.2, 0.25) is 5.02 Å². The molecule has 2 rings (SSSR count). The second-order valence-corrected chi connectivity index (χ2v) is 6.88. The van der Waals surface area contributed by atoms with Crippen molar-refractivity contribution >= 4 is 46.2 Å². The summed E-state index contributed by atoms with van der Waals surface area (Å²) in [5.74, 6) is -0.159. The van der Waals surface area contributed by atoms with Crippen molar-refractivity contribution < 1.29 is 4.79 Å². The lowest BCUT2D eigenvalue weighted by Gasteiger charge is -2.15. The van der Waals surface area contributed by atoms with Gasteiger partial charge < -0.3 is 16.0 Å². The predicted molar refractivity (Wildman–Crippen MR) is 110 cm³/mol. The number of rotatable bonds is 4. The maximum absolute atomic E-state index is 12.2. The molecule has 4 nitrogen and oxygen atoms in total. The zero-order valence-electron chi connectivity index (χ0n) is 14.8. The number of carbonyl (C=O) groups is 1. The highest BCUT2D eigenvalue weighted by Gasteiger charge is 2.10. The molecule has 2 aromatic carbocycles. The van der Waals surface area contributed by atoms with Crippen molar-refractivity contribution in [2.45, 2.75) is 27.7 Å². The highest BCUT2D eigenvalue weighted by molar-refractivity contribution is 7.80. The molecule has 0 atom stereocenters. The van der Waals surface area contributed by atoms with Gasteiger partial charge in [-0.15, -0.1) is 0 Å². The summed E-state index contributed by atoms with van der Waals surface area (Å²) in [4.78, 5) is 12.2. The summed E-state index contributed by atoms with van der Waals surface area (Å²) in [6.45, 7) is 7.94. The molecule has 0 radical (unpaired) electrons. The van der Waals surface area contributed by atoms with E-state index in [2.05, 4.69) is 16.0 Å². The molecule has 0 saturated heterocycles. The van der Waals surface area contributed by atoms with E-state index in [0.29, 0.717) is 10.1 Å². The molecule has 0 aromatic heterocycles. The Balaban J connectivity index is 1.93. The zero-order valence-corrected chi connectivity index (χ0v) is 16.4. The average molecular weight is 376 g/mol. The molecule has 0 fully saturated rings. The fourth-order valence-electron chi connectivity index (χ4n) is 2.59. The van der Waals surface area contributed by atoms with Crippen LogP contribution >= 0.6 is 23.8 Å². The molecular formula is C19H22ClN3OS. The maximum Gasteiger partial charge on any atom is 0.243 e. The first-order valence-corrected chi connectivity index (χ1v) is 8.74. The second-order valence-electron chi connectivity index (χ2n) is 6.06. The van der Waals surface area contributed by atoms with Gasteiger partial charge in [0.25, 0.3) is 0 Å². The highest BCUT2D eigenvalue weighted by atomic mass is 35.5. The van der Waals surface area contributed by atoms with Gasteiger partial charge in [0.05, 0.1) is 17.3 Å². The number of hydrogen-bond acceptors (Lipinski definition) is 2. The monoisotopic (exact) mass is 375 g/mol. The number of aryl methyl sites for hydroxylation is 4. The van der Waals surface area contributed by atoms with E-state index >= 15 is 0 Å². The largest absolute Gasteiger partial charge is 0.353 e. The molecule has 0 spiro atoms. The Labute approximate surface area is 159 Å². The molecule has 0 bridgehead atoms. The molecule has 132 valence electrons. The minimum absolute atomic E-state index is 0.0716. The Morgan fingerprint density at radius 2 is 1.64 bits per heavy atom. The van der Waals surface area contributed by atoms with E-state index in [1.165, 1.54) is 0 Å². The van der Waals surface area contributed by atoms with Gasteiger partial charge in [-0.1, -0.05) is 35.9 Å². The minimum Gasteiger partial charge on any atom is -0.353 e. The molecule has 6 heteroatoms. The van der Waals surface area contributed by atoms with Crippen molar-refractivity contribution in [3.05, 3.63) is 57.6 Å². The number of para-hydroxylation sites is 1. The minimum atomic E-state index is -0.159. The van der Waals surface area contributed by atoms with Gasteiger partial charge in [-0.25, -0.2) is 0 Å². The standard InChI is InChI=1S/C19H22ClN3OS/c1-11-8-14(4)18(15(20)9-11)23-19(25)21-10-16(24)22-17-12(2)6-5-7-13(17)3/h5-9H,10H2,1-4H3,(H,22,24)(H2,21,23,25).